The second-order valence-corrected chi connectivity index (χ2v) is 9.61. The van der Waals surface area contributed by atoms with E-state index >= 15 is 0 Å². The van der Waals surface area contributed by atoms with E-state index in [0.717, 1.165) is 18.2 Å². The summed E-state index contributed by atoms with van der Waals surface area (Å²) in [6.45, 7) is 1.46. The van der Waals surface area contributed by atoms with E-state index in [-0.39, 0.29) is 39.5 Å². The number of carbonyl (C=O) groups excluding carboxylic acids is 1. The topological polar surface area (TPSA) is 196 Å². The molecule has 1 aromatic heterocycles. The van der Waals surface area contributed by atoms with E-state index in [2.05, 4.69) is 0 Å². The molecule has 12 nitrogen and oxygen atoms in total. The molecular weight excluding hydrogens is 552 g/mol. The van der Waals surface area contributed by atoms with Gasteiger partial charge in [-0.25, -0.2) is 4.79 Å². The Morgan fingerprint density at radius 3 is 2.19 bits per heavy atom. The summed E-state index contributed by atoms with van der Waals surface area (Å²) in [4.78, 5) is 25.9. The largest absolute Gasteiger partial charge is 0.508 e. The summed E-state index contributed by atoms with van der Waals surface area (Å²) in [5, 5.41) is 60.7. The molecule has 1 fully saturated rings. The fraction of sp³-hybridized carbons (Fsp3) is 0.200. The lowest BCUT2D eigenvalue weighted by Crippen LogP contribution is -2.59. The third-order valence-electron chi connectivity index (χ3n) is 6.62. The van der Waals surface area contributed by atoms with Crippen molar-refractivity contribution >= 4 is 23.0 Å². The van der Waals surface area contributed by atoms with Crippen LogP contribution in [0.5, 0.6) is 28.7 Å². The molecule has 5 atom stereocenters. The van der Waals surface area contributed by atoms with Crippen LogP contribution in [0.25, 0.3) is 28.4 Å². The monoisotopic (exact) mass is 578 g/mol. The van der Waals surface area contributed by atoms with Crippen LogP contribution in [0, 0.1) is 0 Å². The molecule has 0 bridgehead atoms. The summed E-state index contributed by atoms with van der Waals surface area (Å²) in [6, 6.07) is 13.6. The number of ether oxygens (including phenoxy) is 3. The molecule has 5 rings (SSSR count). The van der Waals surface area contributed by atoms with Crippen LogP contribution in [0.4, 0.5) is 0 Å². The molecular formula is C30H26O12. The fourth-order valence-electron chi connectivity index (χ4n) is 4.48. The van der Waals surface area contributed by atoms with Crippen molar-refractivity contribution in [2.45, 2.75) is 37.6 Å². The quantitative estimate of drug-likeness (QED) is 0.145. The summed E-state index contributed by atoms with van der Waals surface area (Å²) in [6.07, 6.45) is -4.94. The summed E-state index contributed by atoms with van der Waals surface area (Å²) >= 11 is 0. The molecule has 12 heteroatoms. The third-order valence-corrected chi connectivity index (χ3v) is 6.62. The van der Waals surface area contributed by atoms with Gasteiger partial charge in [-0.1, -0.05) is 12.1 Å². The van der Waals surface area contributed by atoms with Crippen molar-refractivity contribution in [2.24, 2.45) is 0 Å². The van der Waals surface area contributed by atoms with Gasteiger partial charge in [-0.15, -0.1) is 0 Å². The minimum Gasteiger partial charge on any atom is -0.508 e. The molecule has 0 unspecified atom stereocenters. The second kappa shape index (κ2) is 11.4. The normalized spacial score (nSPS) is 22.3. The summed E-state index contributed by atoms with van der Waals surface area (Å²) < 4.78 is 22.6. The predicted molar refractivity (Wildman–Crippen MR) is 147 cm³/mol. The Labute approximate surface area is 237 Å². The standard InChI is InChI=1S/C30H26O12/c1-14-27(41-22(35)11-4-15-2-7-17(31)8-3-15)25(37)26(38)30(39-14)42-29-24(36)23-20(34)12-19(33)13-21(23)40-28(29)16-5-9-18(32)10-6-16/h2-14,25-27,30-34,37-38H,1H3/b11-4+/t14-,25-,26+,27-,30-/m0/s1. The Morgan fingerprint density at radius 1 is 0.881 bits per heavy atom. The van der Waals surface area contributed by atoms with E-state index in [1.165, 1.54) is 49.4 Å². The Bertz CT molecular complexity index is 1690. The van der Waals surface area contributed by atoms with Crippen LogP contribution in [-0.2, 0) is 14.3 Å². The minimum atomic E-state index is -1.81. The molecule has 0 spiro atoms. The van der Waals surface area contributed by atoms with Gasteiger partial charge in [-0.3, -0.25) is 4.79 Å². The maximum Gasteiger partial charge on any atom is 0.331 e. The molecule has 2 heterocycles. The number of carbonyl (C=O) groups is 1. The maximum atomic E-state index is 13.5. The minimum absolute atomic E-state index is 0.0598. The van der Waals surface area contributed by atoms with Crippen LogP contribution in [0.15, 0.2) is 76.0 Å². The Morgan fingerprint density at radius 2 is 1.52 bits per heavy atom. The van der Waals surface area contributed by atoms with Crippen molar-refractivity contribution in [1.29, 1.82) is 0 Å². The molecule has 1 aliphatic heterocycles. The SMILES string of the molecule is C[C@@H]1O[C@@H](Oc2c(-c3ccc(O)cc3)oc3cc(O)cc(O)c3c2=O)[C@H](O)[C@H](O)[C@H]1OC(=O)/C=C/c1ccc(O)cc1. The zero-order valence-corrected chi connectivity index (χ0v) is 21.9. The van der Waals surface area contributed by atoms with Gasteiger partial charge in [0.25, 0.3) is 0 Å². The zero-order valence-electron chi connectivity index (χ0n) is 21.9. The molecule has 0 amide bonds. The number of aliphatic hydroxyl groups is 2. The number of hydrogen-bond acceptors (Lipinski definition) is 12. The summed E-state index contributed by atoms with van der Waals surface area (Å²) in [5.74, 6) is -2.47. The number of fused-ring (bicyclic) bond motifs is 1. The molecule has 1 aliphatic rings. The zero-order chi connectivity index (χ0) is 30.1. The van der Waals surface area contributed by atoms with Gasteiger partial charge in [-0.2, -0.15) is 0 Å². The third kappa shape index (κ3) is 5.72. The van der Waals surface area contributed by atoms with E-state index in [1.54, 1.807) is 12.1 Å². The first kappa shape index (κ1) is 28.5. The highest BCUT2D eigenvalue weighted by Gasteiger charge is 2.46. The highest BCUT2D eigenvalue weighted by Crippen LogP contribution is 2.37. The van der Waals surface area contributed by atoms with Gasteiger partial charge >= 0.3 is 5.97 Å². The molecule has 4 aromatic rings. The summed E-state index contributed by atoms with van der Waals surface area (Å²) in [7, 11) is 0. The van der Waals surface area contributed by atoms with E-state index in [1.807, 2.05) is 0 Å². The molecule has 3 aromatic carbocycles. The maximum absolute atomic E-state index is 13.5. The van der Waals surface area contributed by atoms with Gasteiger partial charge < -0.3 is 49.3 Å². The van der Waals surface area contributed by atoms with E-state index in [9.17, 15) is 40.2 Å². The number of phenols is 4. The van der Waals surface area contributed by atoms with E-state index < -0.39 is 53.6 Å². The summed E-state index contributed by atoms with van der Waals surface area (Å²) in [5.41, 5.74) is -0.177. The highest BCUT2D eigenvalue weighted by atomic mass is 16.7. The predicted octanol–water partition coefficient (Wildman–Crippen LogP) is 2.75. The fourth-order valence-corrected chi connectivity index (χ4v) is 4.48. The molecule has 42 heavy (non-hydrogen) atoms. The number of benzene rings is 3. The molecule has 218 valence electrons. The van der Waals surface area contributed by atoms with Crippen molar-refractivity contribution in [2.75, 3.05) is 0 Å². The molecule has 0 radical (unpaired) electrons. The number of aliphatic hydroxyl groups excluding tert-OH is 2. The molecule has 1 saturated heterocycles. The van der Waals surface area contributed by atoms with Gasteiger partial charge in [0.15, 0.2) is 11.9 Å². The van der Waals surface area contributed by atoms with Gasteiger partial charge in [0.1, 0.15) is 46.2 Å². The highest BCUT2D eigenvalue weighted by molar-refractivity contribution is 5.88. The average Bonchev–Trinajstić information content (AvgIpc) is 2.95. The van der Waals surface area contributed by atoms with Gasteiger partial charge in [0.2, 0.25) is 17.5 Å². The number of aromatic hydroxyl groups is 4. The lowest BCUT2D eigenvalue weighted by Gasteiger charge is -2.40. The van der Waals surface area contributed by atoms with Crippen LogP contribution >= 0.6 is 0 Å². The molecule has 0 aliphatic carbocycles. The first-order chi connectivity index (χ1) is 20.0. The van der Waals surface area contributed by atoms with Crippen LogP contribution in [-0.4, -0.2) is 67.3 Å². The lowest BCUT2D eigenvalue weighted by molar-refractivity contribution is -0.271. The smallest absolute Gasteiger partial charge is 0.331 e. The molecule has 0 saturated carbocycles. The number of rotatable bonds is 6. The van der Waals surface area contributed by atoms with Crippen molar-refractivity contribution in [3.05, 3.63) is 82.5 Å². The van der Waals surface area contributed by atoms with Gasteiger partial charge in [0, 0.05) is 23.8 Å². The Hall–Kier alpha value is -5.04. The van der Waals surface area contributed by atoms with Crippen LogP contribution in [0.2, 0.25) is 0 Å². The number of esters is 1. The van der Waals surface area contributed by atoms with Crippen LogP contribution in [0.3, 0.4) is 0 Å². The van der Waals surface area contributed by atoms with Gasteiger partial charge in [-0.05, 0) is 55.0 Å². The Kier molecular flexibility index (Phi) is 7.77. The first-order valence-corrected chi connectivity index (χ1v) is 12.7. The van der Waals surface area contributed by atoms with Crippen LogP contribution in [0.1, 0.15) is 12.5 Å². The van der Waals surface area contributed by atoms with Crippen molar-refractivity contribution in [1.82, 2.24) is 0 Å². The van der Waals surface area contributed by atoms with Crippen molar-refractivity contribution in [3.8, 4) is 40.1 Å². The average molecular weight is 579 g/mol. The van der Waals surface area contributed by atoms with Crippen molar-refractivity contribution < 1.29 is 54.1 Å². The Balaban J connectivity index is 1.42. The number of hydrogen-bond donors (Lipinski definition) is 6. The lowest BCUT2D eigenvalue weighted by atomic mass is 9.99. The second-order valence-electron chi connectivity index (χ2n) is 9.61. The van der Waals surface area contributed by atoms with E-state index in [0.29, 0.717) is 5.56 Å². The van der Waals surface area contributed by atoms with Crippen LogP contribution < -0.4 is 10.2 Å². The van der Waals surface area contributed by atoms with Gasteiger partial charge in [0.05, 0.1) is 6.10 Å². The molecule has 6 N–H and O–H groups in total. The number of phenolic OH excluding ortho intramolecular Hbond substituents is 4. The first-order valence-electron chi connectivity index (χ1n) is 12.7. The van der Waals surface area contributed by atoms with E-state index in [4.69, 9.17) is 18.6 Å². The van der Waals surface area contributed by atoms with Crippen molar-refractivity contribution in [3.63, 3.8) is 0 Å².